The van der Waals surface area contributed by atoms with E-state index in [1.807, 2.05) is 6.07 Å². The first kappa shape index (κ1) is 11.5. The lowest BCUT2D eigenvalue weighted by molar-refractivity contribution is -0.0717. The molecule has 4 nitrogen and oxygen atoms in total. The Hall–Kier alpha value is -0.940. The van der Waals surface area contributed by atoms with Crippen molar-refractivity contribution in [1.82, 2.24) is 4.90 Å². The quantitative estimate of drug-likeness (QED) is 0.765. The summed E-state index contributed by atoms with van der Waals surface area (Å²) in [5.74, 6) is 5.06. The summed E-state index contributed by atoms with van der Waals surface area (Å²) in [4.78, 5) is 6.99. The summed E-state index contributed by atoms with van der Waals surface area (Å²) in [6.45, 7) is 4.03. The van der Waals surface area contributed by atoms with Gasteiger partial charge < -0.3 is 9.57 Å². The highest BCUT2D eigenvalue weighted by atomic mass is 16.6. The van der Waals surface area contributed by atoms with Crippen LogP contribution in [-0.4, -0.2) is 37.3 Å². The minimum atomic E-state index is 0.0995. The van der Waals surface area contributed by atoms with Crippen molar-refractivity contribution >= 4 is 0 Å². The van der Waals surface area contributed by atoms with Gasteiger partial charge in [0.15, 0.2) is 0 Å². The van der Waals surface area contributed by atoms with Crippen molar-refractivity contribution in [1.29, 1.82) is 0 Å². The minimum Gasteiger partial charge on any atom is -0.373 e. The van der Waals surface area contributed by atoms with Crippen LogP contribution in [0.5, 0.6) is 0 Å². The van der Waals surface area contributed by atoms with Crippen LogP contribution in [0.1, 0.15) is 5.56 Å². The molecule has 2 N–H and O–H groups in total. The Kier molecular flexibility index (Phi) is 4.30. The third kappa shape index (κ3) is 3.28. The van der Waals surface area contributed by atoms with E-state index in [9.17, 15) is 0 Å². The number of hydrogen-bond donors (Lipinski definition) is 1. The van der Waals surface area contributed by atoms with E-state index in [-0.39, 0.29) is 6.10 Å². The maximum absolute atomic E-state index is 5.54. The summed E-state index contributed by atoms with van der Waals surface area (Å²) < 4.78 is 5.54. The second kappa shape index (κ2) is 5.96. The van der Waals surface area contributed by atoms with Crippen LogP contribution in [-0.2, 0) is 16.1 Å². The molecular formula is C12H18N2O2. The van der Waals surface area contributed by atoms with Crippen molar-refractivity contribution in [3.05, 3.63) is 35.9 Å². The fourth-order valence-electron chi connectivity index (χ4n) is 1.97. The van der Waals surface area contributed by atoms with E-state index in [0.29, 0.717) is 6.61 Å². The van der Waals surface area contributed by atoms with Crippen LogP contribution in [0.3, 0.4) is 0 Å². The summed E-state index contributed by atoms with van der Waals surface area (Å²) in [5.41, 5.74) is 1.33. The van der Waals surface area contributed by atoms with Crippen LogP contribution in [0.2, 0.25) is 0 Å². The normalized spacial score (nSPS) is 22.2. The van der Waals surface area contributed by atoms with Crippen LogP contribution in [0, 0.1) is 0 Å². The van der Waals surface area contributed by atoms with Gasteiger partial charge in [-0.1, -0.05) is 30.3 Å². The molecule has 0 bridgehead atoms. The first-order chi connectivity index (χ1) is 7.88. The Balaban J connectivity index is 1.85. The van der Waals surface area contributed by atoms with Gasteiger partial charge in [-0.15, -0.1) is 0 Å². The van der Waals surface area contributed by atoms with Gasteiger partial charge in [0.05, 0.1) is 19.3 Å². The van der Waals surface area contributed by atoms with Gasteiger partial charge >= 0.3 is 0 Å². The van der Waals surface area contributed by atoms with Gasteiger partial charge in [0.1, 0.15) is 0 Å². The number of nitrogens with zero attached hydrogens (tertiary/aromatic N) is 1. The Morgan fingerprint density at radius 1 is 1.38 bits per heavy atom. The van der Waals surface area contributed by atoms with Crippen molar-refractivity contribution in [2.75, 3.05) is 26.3 Å². The second-order valence-electron chi connectivity index (χ2n) is 4.05. The van der Waals surface area contributed by atoms with Gasteiger partial charge in [0.25, 0.3) is 0 Å². The zero-order valence-corrected chi connectivity index (χ0v) is 9.34. The van der Waals surface area contributed by atoms with Gasteiger partial charge in [-0.2, -0.15) is 0 Å². The molecule has 88 valence electrons. The van der Waals surface area contributed by atoms with Crippen molar-refractivity contribution in [2.24, 2.45) is 5.90 Å². The average molecular weight is 222 g/mol. The maximum Gasteiger partial charge on any atom is 0.0955 e. The van der Waals surface area contributed by atoms with Crippen LogP contribution in [0.15, 0.2) is 30.3 Å². The number of rotatable bonds is 4. The Morgan fingerprint density at radius 3 is 2.94 bits per heavy atom. The van der Waals surface area contributed by atoms with E-state index in [1.165, 1.54) is 5.56 Å². The predicted octanol–water partition coefficient (Wildman–Crippen LogP) is 0.778. The first-order valence-electron chi connectivity index (χ1n) is 5.58. The molecule has 1 aliphatic rings. The fraction of sp³-hybridized carbons (Fsp3) is 0.500. The van der Waals surface area contributed by atoms with Crippen LogP contribution < -0.4 is 5.90 Å². The third-order valence-electron chi connectivity index (χ3n) is 2.75. The highest BCUT2D eigenvalue weighted by Crippen LogP contribution is 2.10. The van der Waals surface area contributed by atoms with Crippen LogP contribution >= 0.6 is 0 Å². The highest BCUT2D eigenvalue weighted by molar-refractivity contribution is 5.14. The molecule has 1 unspecified atom stereocenters. The number of nitrogens with two attached hydrogens (primary N) is 1. The molecule has 1 aromatic carbocycles. The summed E-state index contributed by atoms with van der Waals surface area (Å²) in [6.07, 6.45) is 0.0995. The molecule has 1 aromatic rings. The average Bonchev–Trinajstić information content (AvgIpc) is 2.31. The van der Waals surface area contributed by atoms with Crippen molar-refractivity contribution < 1.29 is 9.57 Å². The standard InChI is InChI=1S/C12H18N2O2/c13-16-10-12-9-14(6-7-15-12)8-11-4-2-1-3-5-11/h1-5,12H,6-10,13H2. The van der Waals surface area contributed by atoms with Gasteiger partial charge in [-0.25, -0.2) is 5.90 Å². The first-order valence-corrected chi connectivity index (χ1v) is 5.58. The molecular weight excluding hydrogens is 204 g/mol. The number of hydrogen-bond acceptors (Lipinski definition) is 4. The summed E-state index contributed by atoms with van der Waals surface area (Å²) in [7, 11) is 0. The number of morpholine rings is 1. The lowest BCUT2D eigenvalue weighted by Gasteiger charge is -2.32. The number of benzene rings is 1. The van der Waals surface area contributed by atoms with Crippen LogP contribution in [0.25, 0.3) is 0 Å². The maximum atomic E-state index is 5.54. The molecule has 1 saturated heterocycles. The van der Waals surface area contributed by atoms with E-state index in [1.54, 1.807) is 0 Å². The Bertz CT molecular complexity index is 303. The molecule has 1 aliphatic heterocycles. The smallest absolute Gasteiger partial charge is 0.0955 e. The minimum absolute atomic E-state index is 0.0995. The van der Waals surface area contributed by atoms with Gasteiger partial charge in [0, 0.05) is 19.6 Å². The number of ether oxygens (including phenoxy) is 1. The lowest BCUT2D eigenvalue weighted by Crippen LogP contribution is -2.44. The SMILES string of the molecule is NOCC1CN(Cc2ccccc2)CCO1. The van der Waals surface area contributed by atoms with Crippen molar-refractivity contribution in [3.8, 4) is 0 Å². The molecule has 16 heavy (non-hydrogen) atoms. The van der Waals surface area contributed by atoms with E-state index < -0.39 is 0 Å². The van der Waals surface area contributed by atoms with Crippen LogP contribution in [0.4, 0.5) is 0 Å². The van der Waals surface area contributed by atoms with Gasteiger partial charge in [-0.3, -0.25) is 4.90 Å². The van der Waals surface area contributed by atoms with Gasteiger partial charge in [-0.05, 0) is 5.56 Å². The summed E-state index contributed by atoms with van der Waals surface area (Å²) >= 11 is 0. The van der Waals surface area contributed by atoms with Gasteiger partial charge in [0.2, 0.25) is 0 Å². The van der Waals surface area contributed by atoms with E-state index >= 15 is 0 Å². The zero-order chi connectivity index (χ0) is 11.2. The largest absolute Gasteiger partial charge is 0.373 e. The summed E-state index contributed by atoms with van der Waals surface area (Å²) in [5, 5.41) is 0. The molecule has 1 atom stereocenters. The molecule has 2 rings (SSSR count). The molecule has 1 fully saturated rings. The summed E-state index contributed by atoms with van der Waals surface area (Å²) in [6, 6.07) is 10.5. The molecule has 0 spiro atoms. The molecule has 0 aliphatic carbocycles. The Morgan fingerprint density at radius 2 is 2.19 bits per heavy atom. The lowest BCUT2D eigenvalue weighted by atomic mass is 10.2. The zero-order valence-electron chi connectivity index (χ0n) is 9.34. The highest BCUT2D eigenvalue weighted by Gasteiger charge is 2.20. The molecule has 4 heteroatoms. The predicted molar refractivity (Wildman–Crippen MR) is 61.6 cm³/mol. The van der Waals surface area contributed by atoms with E-state index in [0.717, 1.165) is 26.2 Å². The Labute approximate surface area is 95.9 Å². The third-order valence-corrected chi connectivity index (χ3v) is 2.75. The second-order valence-corrected chi connectivity index (χ2v) is 4.05. The van der Waals surface area contributed by atoms with E-state index in [4.69, 9.17) is 10.6 Å². The fourth-order valence-corrected chi connectivity index (χ4v) is 1.97. The topological polar surface area (TPSA) is 47.7 Å². The molecule has 0 radical (unpaired) electrons. The molecule has 0 saturated carbocycles. The molecule has 0 amide bonds. The molecule has 1 heterocycles. The monoisotopic (exact) mass is 222 g/mol. The van der Waals surface area contributed by atoms with E-state index in [2.05, 4.69) is 34.0 Å². The van der Waals surface area contributed by atoms with Crippen molar-refractivity contribution in [3.63, 3.8) is 0 Å². The molecule has 0 aromatic heterocycles. The van der Waals surface area contributed by atoms with Crippen molar-refractivity contribution in [2.45, 2.75) is 12.6 Å².